The van der Waals surface area contributed by atoms with Gasteiger partial charge in [-0.2, -0.15) is 0 Å². The number of methoxy groups -OCH3 is 3. The molecule has 182 valence electrons. The molecular formula is C24H21Br2N3O6. The highest BCUT2D eigenvalue weighted by molar-refractivity contribution is 9.11. The minimum Gasteiger partial charge on any atom is -0.506 e. The van der Waals surface area contributed by atoms with Crippen LogP contribution in [-0.4, -0.2) is 43.3 Å². The topological polar surface area (TPSA) is 109 Å². The Morgan fingerprint density at radius 2 is 1.69 bits per heavy atom. The van der Waals surface area contributed by atoms with Crippen molar-refractivity contribution in [1.82, 2.24) is 10.4 Å². The molecule has 11 heteroatoms. The molecule has 9 nitrogen and oxygen atoms in total. The second kappa shape index (κ2) is 10.0. The molecule has 0 radical (unpaired) electrons. The summed E-state index contributed by atoms with van der Waals surface area (Å²) in [6.07, 6.45) is -0.919. The third-order valence-corrected chi connectivity index (χ3v) is 6.49. The van der Waals surface area contributed by atoms with Gasteiger partial charge in [-0.15, -0.1) is 0 Å². The van der Waals surface area contributed by atoms with Gasteiger partial charge in [0.1, 0.15) is 5.75 Å². The van der Waals surface area contributed by atoms with E-state index in [1.165, 1.54) is 33.5 Å². The highest BCUT2D eigenvalue weighted by Crippen LogP contribution is 2.41. The Labute approximate surface area is 218 Å². The number of hydrogen-bond donors (Lipinski definition) is 3. The van der Waals surface area contributed by atoms with Crippen LogP contribution in [0.25, 0.3) is 0 Å². The van der Waals surface area contributed by atoms with Gasteiger partial charge in [-0.1, -0.05) is 28.1 Å². The number of carbonyl (C=O) groups is 2. The van der Waals surface area contributed by atoms with Crippen molar-refractivity contribution >= 4 is 49.4 Å². The van der Waals surface area contributed by atoms with Crippen LogP contribution in [0.15, 0.2) is 57.5 Å². The van der Waals surface area contributed by atoms with E-state index < -0.39 is 18.0 Å². The van der Waals surface area contributed by atoms with Crippen molar-refractivity contribution < 1.29 is 28.9 Å². The maximum absolute atomic E-state index is 13.5. The average molecular weight is 607 g/mol. The molecule has 35 heavy (non-hydrogen) atoms. The lowest BCUT2D eigenvalue weighted by Gasteiger charge is -2.38. The Kier molecular flexibility index (Phi) is 7.08. The van der Waals surface area contributed by atoms with Crippen LogP contribution in [0.3, 0.4) is 0 Å². The largest absolute Gasteiger partial charge is 0.506 e. The van der Waals surface area contributed by atoms with Crippen molar-refractivity contribution in [3.8, 4) is 23.0 Å². The van der Waals surface area contributed by atoms with E-state index in [1.54, 1.807) is 36.4 Å². The van der Waals surface area contributed by atoms with Crippen LogP contribution in [0.5, 0.6) is 23.0 Å². The van der Waals surface area contributed by atoms with Crippen LogP contribution in [-0.2, 0) is 0 Å². The second-order valence-electron chi connectivity index (χ2n) is 7.45. The summed E-state index contributed by atoms with van der Waals surface area (Å²) in [6, 6.07) is 13.2. The molecule has 2 amide bonds. The molecule has 3 N–H and O–H groups in total. The summed E-state index contributed by atoms with van der Waals surface area (Å²) in [5.41, 5.74) is 4.13. The summed E-state index contributed by atoms with van der Waals surface area (Å²) < 4.78 is 17.1. The van der Waals surface area contributed by atoms with Crippen LogP contribution in [0.2, 0.25) is 0 Å². The van der Waals surface area contributed by atoms with E-state index in [9.17, 15) is 14.7 Å². The molecule has 1 aliphatic rings. The standard InChI is InChI=1S/C24H21Br2N3O6/c1-33-18-8-12(9-19(34-2)21(18)35-3)23(31)28-29-22(15-10-13(25)11-16(26)20(15)30)27-17-7-5-4-6-14(17)24(29)32/h4-11,22,27,30H,1-3H3,(H,28,31). The second-order valence-corrected chi connectivity index (χ2v) is 9.22. The lowest BCUT2D eigenvalue weighted by Crippen LogP contribution is -2.52. The van der Waals surface area contributed by atoms with Gasteiger partial charge in [0.15, 0.2) is 17.7 Å². The number of nitrogens with one attached hydrogen (secondary N) is 2. The molecule has 1 atom stereocenters. The van der Waals surface area contributed by atoms with Gasteiger partial charge in [0, 0.05) is 21.3 Å². The molecule has 1 heterocycles. The molecule has 3 aromatic carbocycles. The zero-order valence-corrected chi connectivity index (χ0v) is 22.1. The maximum Gasteiger partial charge on any atom is 0.276 e. The number of hydrazine groups is 1. The van der Waals surface area contributed by atoms with Crippen LogP contribution in [0.4, 0.5) is 5.69 Å². The van der Waals surface area contributed by atoms with E-state index in [0.29, 0.717) is 31.5 Å². The predicted octanol–water partition coefficient (Wildman–Crippen LogP) is 4.85. The van der Waals surface area contributed by atoms with Crippen molar-refractivity contribution in [3.63, 3.8) is 0 Å². The fourth-order valence-electron chi connectivity index (χ4n) is 3.77. The summed E-state index contributed by atoms with van der Waals surface area (Å²) in [6.45, 7) is 0. The molecule has 0 saturated heterocycles. The van der Waals surface area contributed by atoms with Gasteiger partial charge in [0.25, 0.3) is 11.8 Å². The summed E-state index contributed by atoms with van der Waals surface area (Å²) in [4.78, 5) is 26.8. The van der Waals surface area contributed by atoms with Gasteiger partial charge in [-0.05, 0) is 52.3 Å². The minimum atomic E-state index is -0.919. The molecule has 0 fully saturated rings. The van der Waals surface area contributed by atoms with Gasteiger partial charge in [0.05, 0.1) is 31.4 Å². The Morgan fingerprint density at radius 3 is 2.31 bits per heavy atom. The molecule has 1 aliphatic heterocycles. The Balaban J connectivity index is 1.78. The number of amides is 2. The SMILES string of the molecule is COc1cc(C(=O)NN2C(=O)c3ccccc3NC2c2cc(Br)cc(Br)c2O)cc(OC)c1OC. The van der Waals surface area contributed by atoms with E-state index in [0.717, 1.165) is 5.01 Å². The number of benzene rings is 3. The van der Waals surface area contributed by atoms with Crippen molar-refractivity contribution in [2.24, 2.45) is 0 Å². The summed E-state index contributed by atoms with van der Waals surface area (Å²) in [5.74, 6) is -0.230. The van der Waals surface area contributed by atoms with Crippen LogP contribution in [0, 0.1) is 0 Å². The Morgan fingerprint density at radius 1 is 1.03 bits per heavy atom. The van der Waals surface area contributed by atoms with E-state index in [4.69, 9.17) is 14.2 Å². The van der Waals surface area contributed by atoms with Gasteiger partial charge < -0.3 is 24.6 Å². The van der Waals surface area contributed by atoms with Crippen molar-refractivity contribution in [2.45, 2.75) is 6.17 Å². The zero-order chi connectivity index (χ0) is 25.3. The first-order valence-corrected chi connectivity index (χ1v) is 11.9. The molecular weight excluding hydrogens is 586 g/mol. The van der Waals surface area contributed by atoms with E-state index in [1.807, 2.05) is 0 Å². The number of aromatic hydroxyl groups is 1. The van der Waals surface area contributed by atoms with Gasteiger partial charge in [-0.25, -0.2) is 5.01 Å². The normalized spacial score (nSPS) is 14.6. The molecule has 0 aromatic heterocycles. The molecule has 0 aliphatic carbocycles. The number of anilines is 1. The molecule has 4 rings (SSSR count). The van der Waals surface area contributed by atoms with Crippen LogP contribution >= 0.6 is 31.9 Å². The zero-order valence-electron chi connectivity index (χ0n) is 18.9. The summed E-state index contributed by atoms with van der Waals surface area (Å²) >= 11 is 6.74. The maximum atomic E-state index is 13.5. The summed E-state index contributed by atoms with van der Waals surface area (Å²) in [5, 5.41) is 15.1. The smallest absolute Gasteiger partial charge is 0.276 e. The van der Waals surface area contributed by atoms with E-state index in [2.05, 4.69) is 42.6 Å². The number of hydrogen-bond acceptors (Lipinski definition) is 7. The number of nitrogens with zero attached hydrogens (tertiary/aromatic N) is 1. The first kappa shape index (κ1) is 24.7. The van der Waals surface area contributed by atoms with Crippen molar-refractivity contribution in [2.75, 3.05) is 26.6 Å². The highest BCUT2D eigenvalue weighted by atomic mass is 79.9. The van der Waals surface area contributed by atoms with Crippen molar-refractivity contribution in [3.05, 3.63) is 74.2 Å². The quantitative estimate of drug-likeness (QED) is 0.368. The van der Waals surface area contributed by atoms with Gasteiger partial charge in [0.2, 0.25) is 5.75 Å². The predicted molar refractivity (Wildman–Crippen MR) is 136 cm³/mol. The van der Waals surface area contributed by atoms with E-state index >= 15 is 0 Å². The molecule has 0 spiro atoms. The monoisotopic (exact) mass is 605 g/mol. The van der Waals surface area contributed by atoms with E-state index in [-0.39, 0.29) is 22.8 Å². The van der Waals surface area contributed by atoms with Crippen molar-refractivity contribution in [1.29, 1.82) is 0 Å². The first-order valence-electron chi connectivity index (χ1n) is 10.3. The minimum absolute atomic E-state index is 0.0788. The fourth-order valence-corrected chi connectivity index (χ4v) is 5.03. The first-order chi connectivity index (χ1) is 16.8. The number of fused-ring (bicyclic) bond motifs is 1. The summed E-state index contributed by atoms with van der Waals surface area (Å²) in [7, 11) is 4.35. The number of phenols is 1. The lowest BCUT2D eigenvalue weighted by molar-refractivity contribution is 0.0488. The fraction of sp³-hybridized carbons (Fsp3) is 0.167. The number of para-hydroxylation sites is 1. The molecule has 0 bridgehead atoms. The number of carbonyl (C=O) groups excluding carboxylic acids is 2. The number of rotatable bonds is 6. The number of phenolic OH excluding ortho intramolecular Hbond substituents is 1. The molecule has 0 saturated carbocycles. The Bertz CT molecular complexity index is 1290. The Hall–Kier alpha value is -3.44. The number of halogens is 2. The van der Waals surface area contributed by atoms with Gasteiger partial charge >= 0.3 is 0 Å². The molecule has 3 aromatic rings. The third-order valence-electron chi connectivity index (χ3n) is 5.43. The number of ether oxygens (including phenoxy) is 3. The van der Waals surface area contributed by atoms with Crippen LogP contribution in [0.1, 0.15) is 32.4 Å². The lowest BCUT2D eigenvalue weighted by atomic mass is 10.0. The van der Waals surface area contributed by atoms with Gasteiger partial charge in [-0.3, -0.25) is 15.0 Å². The molecule has 1 unspecified atom stereocenters. The third kappa shape index (κ3) is 4.61. The average Bonchev–Trinajstić information content (AvgIpc) is 2.86. The highest BCUT2D eigenvalue weighted by Gasteiger charge is 2.36. The van der Waals surface area contributed by atoms with Crippen LogP contribution < -0.4 is 25.0 Å².